The van der Waals surface area contributed by atoms with Gasteiger partial charge in [0.2, 0.25) is 0 Å². The molecule has 0 bridgehead atoms. The predicted octanol–water partition coefficient (Wildman–Crippen LogP) is 14.2. The van der Waals surface area contributed by atoms with Crippen molar-refractivity contribution in [3.8, 4) is 28.0 Å². The Hall–Kier alpha value is -7.04. The Morgan fingerprint density at radius 3 is 1.87 bits per heavy atom. The van der Waals surface area contributed by atoms with E-state index in [0.717, 1.165) is 61.5 Å². The van der Waals surface area contributed by atoms with E-state index in [-0.39, 0.29) is 11.2 Å². The fourth-order valence-electron chi connectivity index (χ4n) is 8.44. The van der Waals surface area contributed by atoms with Gasteiger partial charge in [0, 0.05) is 44.6 Å². The summed E-state index contributed by atoms with van der Waals surface area (Å²) in [5, 5.41) is 14.1. The Morgan fingerprint density at radius 1 is 0.418 bits per heavy atom. The fraction of sp³-hybridized carbons (Fsp3) is 0.0588. The maximum atomic E-state index is 11.9. The molecular weight excluding hydrogens is 673 g/mol. The van der Waals surface area contributed by atoms with Gasteiger partial charge in [-0.25, -0.2) is 0 Å². The van der Waals surface area contributed by atoms with Crippen molar-refractivity contribution in [3.63, 3.8) is 0 Å². The highest BCUT2D eigenvalue weighted by molar-refractivity contribution is 6.06. The third kappa shape index (κ3) is 5.45. The van der Waals surface area contributed by atoms with Gasteiger partial charge < -0.3 is 19.3 Å². The Kier molecular flexibility index (Phi) is 7.60. The molecule has 9 aromatic rings. The van der Waals surface area contributed by atoms with Crippen LogP contribution in [0, 0.1) is 0 Å². The summed E-state index contributed by atoms with van der Waals surface area (Å²) in [6.45, 7) is 4.60. The lowest BCUT2D eigenvalue weighted by Gasteiger charge is -2.30. The lowest BCUT2D eigenvalue weighted by Crippen LogP contribution is -2.16. The second-order valence-corrected chi connectivity index (χ2v) is 14.8. The van der Waals surface area contributed by atoms with Gasteiger partial charge in [-0.1, -0.05) is 123 Å². The zero-order chi connectivity index (χ0) is 37.1. The van der Waals surface area contributed by atoms with Gasteiger partial charge in [0.25, 0.3) is 0 Å². The van der Waals surface area contributed by atoms with E-state index in [4.69, 9.17) is 4.42 Å². The average Bonchev–Trinajstić information content (AvgIpc) is 3.71. The molecule has 55 heavy (non-hydrogen) atoms. The van der Waals surface area contributed by atoms with Gasteiger partial charge >= 0.3 is 0 Å². The number of nitrogens with zero attached hydrogens (tertiary/aromatic N) is 2. The van der Waals surface area contributed by atoms with Crippen LogP contribution in [-0.4, -0.2) is 5.11 Å². The Bertz CT molecular complexity index is 2870. The number of benzene rings is 8. The average molecular weight is 711 g/mol. The summed E-state index contributed by atoms with van der Waals surface area (Å²) in [7, 11) is 0. The largest absolute Gasteiger partial charge is 0.506 e. The molecule has 0 amide bonds. The number of rotatable bonds is 7. The zero-order valence-corrected chi connectivity index (χ0v) is 30.6. The molecular formula is C51H38N2O2. The van der Waals surface area contributed by atoms with Crippen molar-refractivity contribution in [1.29, 1.82) is 0 Å². The number of anilines is 6. The molecule has 0 spiro atoms. The maximum Gasteiger partial charge on any atom is 0.139 e. The first-order chi connectivity index (χ1) is 26.9. The predicted molar refractivity (Wildman–Crippen MR) is 228 cm³/mol. The molecule has 0 saturated carbocycles. The summed E-state index contributed by atoms with van der Waals surface area (Å²) in [5.41, 5.74) is 14.3. The van der Waals surface area contributed by atoms with Gasteiger partial charge in [-0.15, -0.1) is 0 Å². The number of furan rings is 1. The smallest absolute Gasteiger partial charge is 0.139 e. The molecule has 10 rings (SSSR count). The summed E-state index contributed by atoms with van der Waals surface area (Å²) >= 11 is 0. The number of fused-ring (bicyclic) bond motifs is 6. The molecule has 1 aliphatic rings. The Morgan fingerprint density at radius 2 is 1.02 bits per heavy atom. The molecule has 0 unspecified atom stereocenters. The molecule has 0 radical (unpaired) electrons. The van der Waals surface area contributed by atoms with Crippen molar-refractivity contribution in [3.05, 3.63) is 199 Å². The van der Waals surface area contributed by atoms with Crippen molar-refractivity contribution >= 4 is 56.1 Å². The van der Waals surface area contributed by atoms with E-state index < -0.39 is 0 Å². The number of para-hydroxylation sites is 2. The van der Waals surface area contributed by atoms with Crippen LogP contribution < -0.4 is 9.80 Å². The summed E-state index contributed by atoms with van der Waals surface area (Å²) in [5.74, 6) is 0.180. The van der Waals surface area contributed by atoms with E-state index in [9.17, 15) is 5.11 Å². The molecule has 264 valence electrons. The van der Waals surface area contributed by atoms with Crippen LogP contribution in [0.15, 0.2) is 192 Å². The Balaban J connectivity index is 1.18. The topological polar surface area (TPSA) is 39.9 Å². The molecule has 1 N–H and O–H groups in total. The van der Waals surface area contributed by atoms with Crippen LogP contribution in [0.2, 0.25) is 0 Å². The first-order valence-corrected chi connectivity index (χ1v) is 18.7. The van der Waals surface area contributed by atoms with Gasteiger partial charge in [0.05, 0.1) is 5.69 Å². The second kappa shape index (κ2) is 12.8. The number of hydrogen-bond acceptors (Lipinski definition) is 4. The van der Waals surface area contributed by atoms with Gasteiger partial charge in [-0.3, -0.25) is 0 Å². The van der Waals surface area contributed by atoms with E-state index in [1.165, 1.54) is 22.3 Å². The van der Waals surface area contributed by atoms with Crippen molar-refractivity contribution in [2.45, 2.75) is 19.3 Å². The fourth-order valence-corrected chi connectivity index (χ4v) is 8.44. The summed E-state index contributed by atoms with van der Waals surface area (Å²) in [6, 6.07) is 65.3. The second-order valence-electron chi connectivity index (χ2n) is 14.8. The molecule has 1 aromatic heterocycles. The van der Waals surface area contributed by atoms with Crippen molar-refractivity contribution in [2.24, 2.45) is 0 Å². The summed E-state index contributed by atoms with van der Waals surface area (Å²) < 4.78 is 6.21. The van der Waals surface area contributed by atoms with E-state index in [0.29, 0.717) is 5.69 Å². The molecule has 0 saturated heterocycles. The highest BCUT2D eigenvalue weighted by Gasteiger charge is 2.35. The molecule has 0 atom stereocenters. The monoisotopic (exact) mass is 710 g/mol. The number of hydrogen-bond donors (Lipinski definition) is 1. The number of phenols is 1. The zero-order valence-electron chi connectivity index (χ0n) is 30.6. The van der Waals surface area contributed by atoms with Crippen molar-refractivity contribution in [1.82, 2.24) is 0 Å². The highest BCUT2D eigenvalue weighted by Crippen LogP contribution is 2.52. The van der Waals surface area contributed by atoms with Gasteiger partial charge in [0.15, 0.2) is 0 Å². The van der Waals surface area contributed by atoms with Crippen molar-refractivity contribution in [2.75, 3.05) is 9.80 Å². The van der Waals surface area contributed by atoms with Crippen LogP contribution in [-0.2, 0) is 5.41 Å². The van der Waals surface area contributed by atoms with Crippen LogP contribution in [0.3, 0.4) is 0 Å². The standard InChI is InChI=1S/C51H38N2O2/c1-51(2)45-22-11-9-20-41(45)43-31-39(24-27-46(43)51)53(37-19-13-16-35(30-37)34-14-5-3-6-15-34)47-33-40(25-28-48(47)54)52(36-17-7-4-8-18-36)38-26-29-50-44(32-38)42-21-10-12-23-49(42)55-50/h3-33,54H,1-2H3. The molecule has 0 aliphatic heterocycles. The van der Waals surface area contributed by atoms with Crippen LogP contribution >= 0.6 is 0 Å². The van der Waals surface area contributed by atoms with Gasteiger partial charge in [0.1, 0.15) is 16.9 Å². The number of phenolic OH excluding ortho intramolecular Hbond substituents is 1. The van der Waals surface area contributed by atoms with Crippen LogP contribution in [0.25, 0.3) is 44.2 Å². The van der Waals surface area contributed by atoms with Crippen LogP contribution in [0.1, 0.15) is 25.0 Å². The normalized spacial score (nSPS) is 12.8. The lowest BCUT2D eigenvalue weighted by atomic mass is 9.82. The van der Waals surface area contributed by atoms with Gasteiger partial charge in [-0.05, 0) is 112 Å². The minimum atomic E-state index is -0.123. The molecule has 1 aliphatic carbocycles. The quantitative estimate of drug-likeness (QED) is 0.179. The Labute approximate surface area is 320 Å². The summed E-state index contributed by atoms with van der Waals surface area (Å²) in [6.07, 6.45) is 0. The van der Waals surface area contributed by atoms with E-state index in [1.807, 2.05) is 48.5 Å². The SMILES string of the molecule is CC1(C)c2ccccc2-c2cc(N(c3cccc(-c4ccccc4)c3)c3cc(N(c4ccccc4)c4ccc5oc6ccccc6c5c4)ccc3O)ccc21. The maximum absolute atomic E-state index is 11.9. The first kappa shape index (κ1) is 32.6. The minimum Gasteiger partial charge on any atom is -0.506 e. The van der Waals surface area contributed by atoms with Gasteiger partial charge in [-0.2, -0.15) is 0 Å². The molecule has 1 heterocycles. The first-order valence-electron chi connectivity index (χ1n) is 18.7. The van der Waals surface area contributed by atoms with Crippen LogP contribution in [0.5, 0.6) is 5.75 Å². The molecule has 8 aromatic carbocycles. The molecule has 0 fully saturated rings. The van der Waals surface area contributed by atoms with Crippen molar-refractivity contribution < 1.29 is 9.52 Å². The third-order valence-electron chi connectivity index (χ3n) is 11.1. The minimum absolute atomic E-state index is 0.123. The van der Waals surface area contributed by atoms with E-state index >= 15 is 0 Å². The lowest BCUT2D eigenvalue weighted by molar-refractivity contribution is 0.476. The van der Waals surface area contributed by atoms with Crippen LogP contribution in [0.4, 0.5) is 34.1 Å². The van der Waals surface area contributed by atoms with E-state index in [1.54, 1.807) is 0 Å². The van der Waals surface area contributed by atoms with E-state index in [2.05, 4.69) is 163 Å². The molecule has 4 nitrogen and oxygen atoms in total. The number of aromatic hydroxyl groups is 1. The highest BCUT2D eigenvalue weighted by atomic mass is 16.3. The molecule has 4 heteroatoms. The summed E-state index contributed by atoms with van der Waals surface area (Å²) in [4.78, 5) is 4.43. The third-order valence-corrected chi connectivity index (χ3v) is 11.1.